The highest BCUT2D eigenvalue weighted by atomic mass is 19.1. The van der Waals surface area contributed by atoms with Crippen LogP contribution in [-0.2, 0) is 4.74 Å². The zero-order valence-electron chi connectivity index (χ0n) is 23.4. The molecule has 0 atom stereocenters. The summed E-state index contributed by atoms with van der Waals surface area (Å²) in [6.45, 7) is 9.48. The molecule has 2 aromatic carbocycles. The summed E-state index contributed by atoms with van der Waals surface area (Å²) in [5.74, 6) is -0.489. The first-order valence-electron chi connectivity index (χ1n) is 13.0. The van der Waals surface area contributed by atoms with Crippen LogP contribution in [0.5, 0.6) is 0 Å². The lowest BCUT2D eigenvalue weighted by Crippen LogP contribution is -2.50. The first-order chi connectivity index (χ1) is 18.9. The lowest BCUT2D eigenvalue weighted by molar-refractivity contribution is 0.0240. The summed E-state index contributed by atoms with van der Waals surface area (Å²) in [5.41, 5.74) is 9.31. The Balaban J connectivity index is 1.68. The van der Waals surface area contributed by atoms with Gasteiger partial charge in [-0.25, -0.2) is 14.2 Å². The highest BCUT2D eigenvalue weighted by molar-refractivity contribution is 6.08. The number of nitrogens with zero attached hydrogens (tertiary/aromatic N) is 4. The Morgan fingerprint density at radius 2 is 1.80 bits per heavy atom. The van der Waals surface area contributed by atoms with Crippen LogP contribution in [0, 0.1) is 22.6 Å². The lowest BCUT2D eigenvalue weighted by atomic mass is 9.90. The van der Waals surface area contributed by atoms with Gasteiger partial charge in [0.15, 0.2) is 0 Å². The second-order valence-electron chi connectivity index (χ2n) is 10.7. The molecule has 0 radical (unpaired) electrons. The largest absolute Gasteiger partial charge is 0.444 e. The van der Waals surface area contributed by atoms with Gasteiger partial charge in [-0.15, -0.1) is 0 Å². The van der Waals surface area contributed by atoms with Crippen molar-refractivity contribution >= 4 is 29.0 Å². The van der Waals surface area contributed by atoms with Crippen molar-refractivity contribution in [1.29, 1.82) is 10.7 Å². The van der Waals surface area contributed by atoms with Crippen LogP contribution in [0.15, 0.2) is 42.5 Å². The minimum atomic E-state index is -0.543. The van der Waals surface area contributed by atoms with Gasteiger partial charge in [0.05, 0.1) is 11.3 Å². The first-order valence-corrected chi connectivity index (χ1v) is 13.0. The summed E-state index contributed by atoms with van der Waals surface area (Å²) in [5, 5.41) is 21.5. The Morgan fingerprint density at radius 3 is 2.33 bits per heavy atom. The number of anilines is 3. The van der Waals surface area contributed by atoms with Gasteiger partial charge in [-0.1, -0.05) is 12.1 Å². The fourth-order valence-corrected chi connectivity index (χ4v) is 4.75. The molecule has 40 heavy (non-hydrogen) atoms. The number of hydrogen-bond acceptors (Lipinski definition) is 8. The smallest absolute Gasteiger partial charge is 0.410 e. The normalized spacial score (nSPS) is 13.5. The molecule has 3 aromatic rings. The molecule has 4 N–H and O–H groups in total. The Bertz CT molecular complexity index is 1480. The molecule has 0 spiro atoms. The average molecular weight is 544 g/mol. The Kier molecular flexibility index (Phi) is 7.96. The third-order valence-corrected chi connectivity index (χ3v) is 6.68. The van der Waals surface area contributed by atoms with Crippen molar-refractivity contribution in [3.63, 3.8) is 0 Å². The van der Waals surface area contributed by atoms with E-state index in [9.17, 15) is 10.1 Å². The van der Waals surface area contributed by atoms with Crippen LogP contribution in [0.1, 0.15) is 38.8 Å². The van der Waals surface area contributed by atoms with E-state index in [0.717, 1.165) is 5.69 Å². The van der Waals surface area contributed by atoms with Crippen molar-refractivity contribution in [2.45, 2.75) is 33.3 Å². The van der Waals surface area contributed by atoms with Crippen LogP contribution in [0.2, 0.25) is 0 Å². The molecule has 1 amide bonds. The molecule has 9 nitrogen and oxygen atoms in total. The number of nitrogen functional groups attached to an aromatic ring is 1. The number of amides is 1. The van der Waals surface area contributed by atoms with Crippen molar-refractivity contribution < 1.29 is 13.9 Å². The van der Waals surface area contributed by atoms with E-state index in [1.165, 1.54) is 6.07 Å². The minimum absolute atomic E-state index is 0.0518. The molecule has 1 saturated heterocycles. The Labute approximate surface area is 233 Å². The molecule has 4 rings (SSSR count). The number of rotatable bonds is 5. The van der Waals surface area contributed by atoms with Gasteiger partial charge in [-0.3, -0.25) is 0 Å². The molecule has 1 fully saturated rings. The number of benzene rings is 2. The molecule has 0 saturated carbocycles. The van der Waals surface area contributed by atoms with E-state index in [-0.39, 0.29) is 34.4 Å². The highest BCUT2D eigenvalue weighted by Gasteiger charge is 2.27. The number of piperazine rings is 1. The van der Waals surface area contributed by atoms with E-state index in [1.54, 1.807) is 31.0 Å². The zero-order valence-corrected chi connectivity index (χ0v) is 23.4. The minimum Gasteiger partial charge on any atom is -0.444 e. The van der Waals surface area contributed by atoms with E-state index < -0.39 is 11.4 Å². The maximum Gasteiger partial charge on any atom is 0.410 e. The van der Waals surface area contributed by atoms with Crippen LogP contribution in [0.3, 0.4) is 0 Å². The van der Waals surface area contributed by atoms with Crippen LogP contribution in [0.4, 0.5) is 26.4 Å². The van der Waals surface area contributed by atoms with Crippen LogP contribution < -0.4 is 16.0 Å². The van der Waals surface area contributed by atoms with E-state index in [1.807, 2.05) is 45.0 Å². The summed E-state index contributed by atoms with van der Waals surface area (Å²) in [6, 6.07) is 14.4. The predicted molar refractivity (Wildman–Crippen MR) is 156 cm³/mol. The molecule has 0 bridgehead atoms. The number of carbonyl (C=O) groups is 1. The van der Waals surface area contributed by atoms with E-state index >= 15 is 4.39 Å². The molecule has 10 heteroatoms. The summed E-state index contributed by atoms with van der Waals surface area (Å²) in [4.78, 5) is 20.7. The van der Waals surface area contributed by atoms with Gasteiger partial charge in [-0.05, 0) is 63.6 Å². The van der Waals surface area contributed by atoms with Crippen LogP contribution in [0.25, 0.3) is 22.4 Å². The molecular weight excluding hydrogens is 509 g/mol. The standard InChI is InChI=1S/C30H34FN7O2/c1-18(33)25-26(23(17-32)27(36-28(25)34)22-11-8-20(35-5)16-24(22)31)19-6-9-21(10-7-19)37-12-14-38(15-13-37)29(39)40-30(2,3)4/h6-11,16,33,35H,12-15H2,1-5H3,(H2,34,36). The number of aromatic nitrogens is 1. The van der Waals surface area contributed by atoms with Crippen molar-refractivity contribution in [1.82, 2.24) is 9.88 Å². The number of pyridine rings is 1. The Morgan fingerprint density at radius 1 is 1.15 bits per heavy atom. The molecule has 0 aliphatic carbocycles. The molecule has 1 aliphatic rings. The molecule has 0 unspecified atom stereocenters. The second kappa shape index (κ2) is 11.2. The predicted octanol–water partition coefficient (Wildman–Crippen LogP) is 5.50. The van der Waals surface area contributed by atoms with Gasteiger partial charge in [-0.2, -0.15) is 5.26 Å². The summed E-state index contributed by atoms with van der Waals surface area (Å²) >= 11 is 0. The molecule has 1 aliphatic heterocycles. The number of ether oxygens (including phenoxy) is 1. The fraction of sp³-hybridized carbons (Fsp3) is 0.333. The SMILES string of the molecule is CNc1ccc(-c2nc(N)c(C(C)=N)c(-c3ccc(N4CCN(C(=O)OC(C)(C)C)CC4)cc3)c2C#N)c(F)c1. The lowest BCUT2D eigenvalue weighted by Gasteiger charge is -2.36. The van der Waals surface area contributed by atoms with E-state index in [4.69, 9.17) is 15.9 Å². The van der Waals surface area contributed by atoms with Gasteiger partial charge in [0.1, 0.15) is 23.3 Å². The topological polar surface area (TPSA) is 131 Å². The quantitative estimate of drug-likeness (QED) is 0.362. The van der Waals surface area contributed by atoms with Crippen molar-refractivity contribution in [2.75, 3.05) is 49.2 Å². The summed E-state index contributed by atoms with van der Waals surface area (Å²) < 4.78 is 20.6. The summed E-state index contributed by atoms with van der Waals surface area (Å²) in [7, 11) is 1.69. The van der Waals surface area contributed by atoms with Crippen molar-refractivity contribution in [3.8, 4) is 28.5 Å². The fourth-order valence-electron chi connectivity index (χ4n) is 4.75. The third-order valence-electron chi connectivity index (χ3n) is 6.68. The number of halogens is 1. The van der Waals surface area contributed by atoms with Gasteiger partial charge >= 0.3 is 6.09 Å². The monoisotopic (exact) mass is 543 g/mol. The molecule has 208 valence electrons. The van der Waals surface area contributed by atoms with Gasteiger partial charge in [0.2, 0.25) is 0 Å². The van der Waals surface area contributed by atoms with Gasteiger partial charge in [0, 0.05) is 67.0 Å². The third kappa shape index (κ3) is 5.83. The average Bonchev–Trinajstić information content (AvgIpc) is 2.91. The molecule has 1 aromatic heterocycles. The maximum absolute atomic E-state index is 15.1. The van der Waals surface area contributed by atoms with Crippen LogP contribution >= 0.6 is 0 Å². The van der Waals surface area contributed by atoms with E-state index in [2.05, 4.69) is 21.3 Å². The van der Waals surface area contributed by atoms with Crippen molar-refractivity contribution in [3.05, 3.63) is 59.4 Å². The number of hydrogen-bond donors (Lipinski definition) is 3. The Hall–Kier alpha value is -4.65. The highest BCUT2D eigenvalue weighted by Crippen LogP contribution is 2.38. The first kappa shape index (κ1) is 28.4. The van der Waals surface area contributed by atoms with Gasteiger partial charge < -0.3 is 31.0 Å². The number of nitriles is 1. The number of nitrogens with two attached hydrogens (primary N) is 1. The number of carbonyl (C=O) groups excluding carboxylic acids is 1. The maximum atomic E-state index is 15.1. The van der Waals surface area contributed by atoms with E-state index in [0.29, 0.717) is 48.6 Å². The van der Waals surface area contributed by atoms with Crippen molar-refractivity contribution in [2.24, 2.45) is 0 Å². The second-order valence-corrected chi connectivity index (χ2v) is 10.7. The molecular formula is C30H34FN7O2. The molecule has 2 heterocycles. The summed E-state index contributed by atoms with van der Waals surface area (Å²) in [6.07, 6.45) is -0.316. The van der Waals surface area contributed by atoms with Crippen LogP contribution in [-0.4, -0.2) is 60.5 Å². The van der Waals surface area contributed by atoms with Gasteiger partial charge in [0.25, 0.3) is 0 Å². The number of nitrogens with one attached hydrogen (secondary N) is 2. The zero-order chi connectivity index (χ0) is 29.2.